The SMILES string of the molecule is Cc1cc(OCCC(C)(C)O)nc(C)c1-c1cccc(CNc2ccc(Cn3oc(=O)[nH]c3=O)cc2)c1. The zero-order valence-corrected chi connectivity index (χ0v) is 21.5. The molecule has 3 N–H and O–H groups in total. The van der Waals surface area contributed by atoms with Crippen molar-refractivity contribution in [3.63, 3.8) is 0 Å². The first-order valence-electron chi connectivity index (χ1n) is 12.1. The van der Waals surface area contributed by atoms with Crippen molar-refractivity contribution in [2.24, 2.45) is 0 Å². The minimum absolute atomic E-state index is 0.176. The van der Waals surface area contributed by atoms with Gasteiger partial charge in [-0.05, 0) is 68.1 Å². The summed E-state index contributed by atoms with van der Waals surface area (Å²) in [6.07, 6.45) is 0.525. The van der Waals surface area contributed by atoms with Crippen LogP contribution in [0.3, 0.4) is 0 Å². The molecular formula is C28H32N4O5. The summed E-state index contributed by atoms with van der Waals surface area (Å²) in [4.78, 5) is 29.5. The summed E-state index contributed by atoms with van der Waals surface area (Å²) in [5.74, 6) is -0.203. The van der Waals surface area contributed by atoms with E-state index < -0.39 is 17.0 Å². The van der Waals surface area contributed by atoms with E-state index in [9.17, 15) is 14.7 Å². The van der Waals surface area contributed by atoms with Gasteiger partial charge in [-0.25, -0.2) is 19.6 Å². The molecule has 0 atom stereocenters. The van der Waals surface area contributed by atoms with E-state index >= 15 is 0 Å². The summed E-state index contributed by atoms with van der Waals surface area (Å²) in [5.41, 5.74) is 5.66. The molecule has 2 aromatic carbocycles. The smallest absolute Gasteiger partial charge is 0.440 e. The molecule has 0 spiro atoms. The average Bonchev–Trinajstić information content (AvgIpc) is 3.14. The zero-order valence-electron chi connectivity index (χ0n) is 21.5. The van der Waals surface area contributed by atoms with Crippen molar-refractivity contribution < 1.29 is 14.4 Å². The first kappa shape index (κ1) is 26.0. The second kappa shape index (κ2) is 10.9. The molecule has 9 heteroatoms. The highest BCUT2D eigenvalue weighted by molar-refractivity contribution is 5.70. The van der Waals surface area contributed by atoms with Crippen LogP contribution in [-0.2, 0) is 13.1 Å². The predicted octanol–water partition coefficient (Wildman–Crippen LogP) is 4.01. The van der Waals surface area contributed by atoms with Crippen LogP contribution < -0.4 is 21.5 Å². The number of nitrogens with zero attached hydrogens (tertiary/aromatic N) is 2. The molecule has 2 aromatic heterocycles. The van der Waals surface area contributed by atoms with Gasteiger partial charge in [0.15, 0.2) is 0 Å². The lowest BCUT2D eigenvalue weighted by Crippen LogP contribution is -2.22. The minimum Gasteiger partial charge on any atom is -0.478 e. The van der Waals surface area contributed by atoms with E-state index in [-0.39, 0.29) is 6.54 Å². The molecule has 0 bridgehead atoms. The van der Waals surface area contributed by atoms with Crippen LogP contribution in [0.5, 0.6) is 5.88 Å². The number of aromatic amines is 1. The third kappa shape index (κ3) is 6.98. The Balaban J connectivity index is 1.41. The summed E-state index contributed by atoms with van der Waals surface area (Å²) in [6, 6.07) is 17.9. The Morgan fingerprint density at radius 2 is 1.84 bits per heavy atom. The monoisotopic (exact) mass is 504 g/mol. The van der Waals surface area contributed by atoms with Gasteiger partial charge in [0.2, 0.25) is 5.88 Å². The Hall–Kier alpha value is -4.11. The van der Waals surface area contributed by atoms with Crippen LogP contribution in [-0.4, -0.2) is 32.0 Å². The van der Waals surface area contributed by atoms with Gasteiger partial charge in [-0.15, -0.1) is 4.74 Å². The lowest BCUT2D eigenvalue weighted by atomic mass is 9.98. The molecule has 2 heterocycles. The number of H-pyrrole nitrogens is 1. The van der Waals surface area contributed by atoms with Crippen molar-refractivity contribution in [2.45, 2.75) is 52.8 Å². The van der Waals surface area contributed by atoms with Crippen molar-refractivity contribution in [3.05, 3.63) is 98.0 Å². The largest absolute Gasteiger partial charge is 0.478 e. The first-order chi connectivity index (χ1) is 17.6. The third-order valence-corrected chi connectivity index (χ3v) is 5.96. The standard InChI is InChI=1S/C28H32N4O5/c1-18-14-24(36-13-12-28(3,4)35)30-19(2)25(18)22-7-5-6-21(15-22)16-29-23-10-8-20(9-11-23)17-32-26(33)31-27(34)37-32/h5-11,14-15,29,35H,12-13,16-17H2,1-4H3,(H,31,33,34). The van der Waals surface area contributed by atoms with Crippen molar-refractivity contribution >= 4 is 5.69 Å². The van der Waals surface area contributed by atoms with E-state index in [1.54, 1.807) is 13.8 Å². The fourth-order valence-electron chi connectivity index (χ4n) is 4.06. The molecule has 0 amide bonds. The number of benzene rings is 2. The van der Waals surface area contributed by atoms with Crippen molar-refractivity contribution in [1.82, 2.24) is 14.7 Å². The van der Waals surface area contributed by atoms with E-state index in [0.717, 1.165) is 43.9 Å². The minimum atomic E-state index is -0.775. The van der Waals surface area contributed by atoms with E-state index in [0.29, 0.717) is 25.5 Å². The van der Waals surface area contributed by atoms with E-state index in [4.69, 9.17) is 9.26 Å². The molecule has 0 fully saturated rings. The lowest BCUT2D eigenvalue weighted by Gasteiger charge is -2.18. The Kier molecular flexibility index (Phi) is 7.63. The van der Waals surface area contributed by atoms with Crippen molar-refractivity contribution in [3.8, 4) is 17.0 Å². The molecule has 0 aliphatic rings. The molecule has 194 valence electrons. The van der Waals surface area contributed by atoms with Crippen LogP contribution in [0.2, 0.25) is 0 Å². The topological polar surface area (TPSA) is 122 Å². The summed E-state index contributed by atoms with van der Waals surface area (Å²) in [7, 11) is 0. The molecule has 4 aromatic rings. The zero-order chi connectivity index (χ0) is 26.6. The van der Waals surface area contributed by atoms with Crippen LogP contribution >= 0.6 is 0 Å². The summed E-state index contributed by atoms with van der Waals surface area (Å²) >= 11 is 0. The molecular weight excluding hydrogens is 472 g/mol. The Bertz CT molecular complexity index is 1450. The van der Waals surface area contributed by atoms with E-state index in [2.05, 4.69) is 33.5 Å². The number of hydrogen-bond donors (Lipinski definition) is 3. The number of rotatable bonds is 10. The predicted molar refractivity (Wildman–Crippen MR) is 142 cm³/mol. The van der Waals surface area contributed by atoms with Crippen molar-refractivity contribution in [1.29, 1.82) is 0 Å². The van der Waals surface area contributed by atoms with E-state index in [1.165, 1.54) is 0 Å². The summed E-state index contributed by atoms with van der Waals surface area (Å²) < 4.78 is 11.6. The molecule has 0 aliphatic heterocycles. The quantitative estimate of drug-likeness (QED) is 0.298. The van der Waals surface area contributed by atoms with Gasteiger partial charge < -0.3 is 19.7 Å². The van der Waals surface area contributed by atoms with Crippen LogP contribution in [0.1, 0.15) is 42.7 Å². The highest BCUT2D eigenvalue weighted by Gasteiger charge is 2.14. The normalized spacial score (nSPS) is 11.5. The molecule has 4 rings (SSSR count). The summed E-state index contributed by atoms with van der Waals surface area (Å²) in [6.45, 7) is 8.75. The Labute approximate surface area is 214 Å². The van der Waals surface area contributed by atoms with Gasteiger partial charge in [0, 0.05) is 36.0 Å². The average molecular weight is 505 g/mol. The second-order valence-corrected chi connectivity index (χ2v) is 9.75. The summed E-state index contributed by atoms with van der Waals surface area (Å²) in [5, 5.41) is 13.3. The van der Waals surface area contributed by atoms with Crippen LogP contribution in [0.25, 0.3) is 11.1 Å². The van der Waals surface area contributed by atoms with Crippen LogP contribution in [0.4, 0.5) is 5.69 Å². The number of hydrogen-bond acceptors (Lipinski definition) is 7. The molecule has 0 aliphatic carbocycles. The Morgan fingerprint density at radius 3 is 2.49 bits per heavy atom. The molecule has 0 saturated heterocycles. The van der Waals surface area contributed by atoms with Gasteiger partial charge in [0.25, 0.3) is 0 Å². The first-order valence-corrected chi connectivity index (χ1v) is 12.1. The molecule has 9 nitrogen and oxygen atoms in total. The fourth-order valence-corrected chi connectivity index (χ4v) is 4.06. The van der Waals surface area contributed by atoms with Crippen LogP contribution in [0, 0.1) is 13.8 Å². The molecule has 0 radical (unpaired) electrons. The number of aromatic nitrogens is 3. The molecule has 0 unspecified atom stereocenters. The van der Waals surface area contributed by atoms with Gasteiger partial charge in [-0.2, -0.15) is 0 Å². The second-order valence-electron chi connectivity index (χ2n) is 9.75. The Morgan fingerprint density at radius 1 is 1.08 bits per heavy atom. The lowest BCUT2D eigenvalue weighted by molar-refractivity contribution is 0.0547. The number of anilines is 1. The third-order valence-electron chi connectivity index (χ3n) is 5.96. The highest BCUT2D eigenvalue weighted by atomic mass is 16.5. The van der Waals surface area contributed by atoms with Gasteiger partial charge in [0.05, 0.1) is 18.8 Å². The number of nitrogens with one attached hydrogen (secondary N) is 2. The number of aryl methyl sites for hydroxylation is 2. The number of ether oxygens (including phenoxy) is 1. The van der Waals surface area contributed by atoms with Crippen LogP contribution in [0.15, 0.2) is 68.7 Å². The molecule has 37 heavy (non-hydrogen) atoms. The molecule has 0 saturated carbocycles. The number of pyridine rings is 1. The van der Waals surface area contributed by atoms with Gasteiger partial charge in [-0.1, -0.05) is 30.3 Å². The van der Waals surface area contributed by atoms with Gasteiger partial charge in [-0.3, -0.25) is 0 Å². The maximum Gasteiger partial charge on any atom is 0.440 e. The highest BCUT2D eigenvalue weighted by Crippen LogP contribution is 2.29. The maximum atomic E-state index is 11.6. The van der Waals surface area contributed by atoms with Gasteiger partial charge in [0.1, 0.15) is 0 Å². The maximum absolute atomic E-state index is 11.6. The van der Waals surface area contributed by atoms with E-state index in [1.807, 2.05) is 50.2 Å². The number of aliphatic hydroxyl groups is 1. The fraction of sp³-hybridized carbons (Fsp3) is 0.321. The van der Waals surface area contributed by atoms with Gasteiger partial charge >= 0.3 is 11.4 Å². The van der Waals surface area contributed by atoms with Crippen molar-refractivity contribution in [2.75, 3.05) is 11.9 Å².